The van der Waals surface area contributed by atoms with Gasteiger partial charge in [-0.15, -0.1) is 23.2 Å². The highest BCUT2D eigenvalue weighted by atomic mass is 35.5. The van der Waals surface area contributed by atoms with Gasteiger partial charge in [-0.2, -0.15) is 0 Å². The van der Waals surface area contributed by atoms with Crippen LogP contribution in [0.15, 0.2) is 24.3 Å². The zero-order valence-corrected chi connectivity index (χ0v) is 10.7. The minimum Gasteiger partial charge on any atom is -0.305 e. The summed E-state index contributed by atoms with van der Waals surface area (Å²) >= 11 is 11.7. The van der Waals surface area contributed by atoms with Crippen LogP contribution in [-0.2, 0) is 6.54 Å². The van der Waals surface area contributed by atoms with Crippen molar-refractivity contribution >= 4 is 23.2 Å². The monoisotopic (exact) mass is 245 g/mol. The molecule has 0 fully saturated rings. The standard InChI is InChI=1S/C12H17Cl2N/c1-10-4-3-5-11(6-10)7-15-12(2,8-13)9-14/h3-6,15H,7-9H2,1-2H3. The normalized spacial score (nSPS) is 11.7. The third-order valence-electron chi connectivity index (χ3n) is 2.39. The molecule has 1 nitrogen and oxygen atoms in total. The van der Waals surface area contributed by atoms with Crippen LogP contribution in [0.4, 0.5) is 0 Å². The molecule has 1 aromatic carbocycles. The number of hydrogen-bond acceptors (Lipinski definition) is 1. The molecule has 0 aliphatic carbocycles. The number of halogens is 2. The lowest BCUT2D eigenvalue weighted by molar-refractivity contribution is 0.435. The molecule has 84 valence electrons. The largest absolute Gasteiger partial charge is 0.305 e. The second kappa shape index (κ2) is 5.74. The minimum absolute atomic E-state index is 0.188. The summed E-state index contributed by atoms with van der Waals surface area (Å²) in [6, 6.07) is 8.41. The fourth-order valence-electron chi connectivity index (χ4n) is 1.27. The second-order valence-corrected chi connectivity index (χ2v) is 4.71. The number of rotatable bonds is 5. The molecule has 0 heterocycles. The molecule has 0 atom stereocenters. The molecule has 0 unspecified atom stereocenters. The van der Waals surface area contributed by atoms with E-state index < -0.39 is 0 Å². The van der Waals surface area contributed by atoms with Crippen molar-refractivity contribution in [1.29, 1.82) is 0 Å². The fraction of sp³-hybridized carbons (Fsp3) is 0.500. The molecule has 0 aliphatic heterocycles. The van der Waals surface area contributed by atoms with E-state index in [4.69, 9.17) is 23.2 Å². The van der Waals surface area contributed by atoms with Crippen molar-refractivity contribution in [3.05, 3.63) is 35.4 Å². The fourth-order valence-corrected chi connectivity index (χ4v) is 1.74. The van der Waals surface area contributed by atoms with Gasteiger partial charge >= 0.3 is 0 Å². The Hall–Kier alpha value is -0.240. The van der Waals surface area contributed by atoms with E-state index in [9.17, 15) is 0 Å². The van der Waals surface area contributed by atoms with E-state index in [1.165, 1.54) is 11.1 Å². The van der Waals surface area contributed by atoms with Crippen molar-refractivity contribution in [2.24, 2.45) is 0 Å². The van der Waals surface area contributed by atoms with Crippen LogP contribution in [0.5, 0.6) is 0 Å². The molecule has 0 saturated heterocycles. The predicted octanol–water partition coefficient (Wildman–Crippen LogP) is 3.32. The van der Waals surface area contributed by atoms with Crippen LogP contribution in [0.3, 0.4) is 0 Å². The first-order chi connectivity index (χ1) is 7.09. The number of aryl methyl sites for hydroxylation is 1. The lowest BCUT2D eigenvalue weighted by Crippen LogP contribution is -2.45. The molecule has 1 rings (SSSR count). The van der Waals surface area contributed by atoms with Gasteiger partial charge in [0.15, 0.2) is 0 Å². The number of nitrogens with one attached hydrogen (secondary N) is 1. The molecule has 0 radical (unpaired) electrons. The van der Waals surface area contributed by atoms with Gasteiger partial charge < -0.3 is 5.32 Å². The molecule has 0 aromatic heterocycles. The summed E-state index contributed by atoms with van der Waals surface area (Å²) in [7, 11) is 0. The molecule has 1 aromatic rings. The van der Waals surface area contributed by atoms with Gasteiger partial charge in [-0.05, 0) is 19.4 Å². The summed E-state index contributed by atoms with van der Waals surface area (Å²) in [4.78, 5) is 0. The molecule has 0 saturated carbocycles. The van der Waals surface area contributed by atoms with Crippen molar-refractivity contribution in [3.8, 4) is 0 Å². The molecular weight excluding hydrogens is 229 g/mol. The Morgan fingerprint density at radius 3 is 2.47 bits per heavy atom. The van der Waals surface area contributed by atoms with Gasteiger partial charge in [-0.25, -0.2) is 0 Å². The van der Waals surface area contributed by atoms with Crippen LogP contribution in [0.2, 0.25) is 0 Å². The maximum absolute atomic E-state index is 5.86. The molecule has 15 heavy (non-hydrogen) atoms. The maximum atomic E-state index is 5.86. The zero-order valence-electron chi connectivity index (χ0n) is 9.19. The Bertz CT molecular complexity index is 308. The number of alkyl halides is 2. The third kappa shape index (κ3) is 4.02. The summed E-state index contributed by atoms with van der Waals surface area (Å²) in [6.45, 7) is 4.92. The Labute approximate surface area is 102 Å². The minimum atomic E-state index is -0.188. The Morgan fingerprint density at radius 1 is 1.27 bits per heavy atom. The molecule has 3 heteroatoms. The average molecular weight is 246 g/mol. The maximum Gasteiger partial charge on any atom is 0.0427 e. The highest BCUT2D eigenvalue weighted by Crippen LogP contribution is 2.11. The number of hydrogen-bond donors (Lipinski definition) is 1. The van der Waals surface area contributed by atoms with Crippen molar-refractivity contribution < 1.29 is 0 Å². The van der Waals surface area contributed by atoms with Gasteiger partial charge in [0.25, 0.3) is 0 Å². The Kier molecular flexibility index (Phi) is 4.91. The predicted molar refractivity (Wildman–Crippen MR) is 67.9 cm³/mol. The summed E-state index contributed by atoms with van der Waals surface area (Å²) in [6.07, 6.45) is 0. The quantitative estimate of drug-likeness (QED) is 0.786. The first kappa shape index (κ1) is 12.8. The molecule has 0 bridgehead atoms. The zero-order chi connectivity index (χ0) is 11.3. The van der Waals surface area contributed by atoms with E-state index in [1.54, 1.807) is 0 Å². The highest BCUT2D eigenvalue weighted by molar-refractivity contribution is 6.22. The number of benzene rings is 1. The summed E-state index contributed by atoms with van der Waals surface area (Å²) < 4.78 is 0. The third-order valence-corrected chi connectivity index (χ3v) is 3.57. The van der Waals surface area contributed by atoms with E-state index in [0.29, 0.717) is 11.8 Å². The van der Waals surface area contributed by atoms with Crippen LogP contribution >= 0.6 is 23.2 Å². The van der Waals surface area contributed by atoms with Gasteiger partial charge in [0, 0.05) is 23.8 Å². The first-order valence-electron chi connectivity index (χ1n) is 5.02. The van der Waals surface area contributed by atoms with Gasteiger partial charge in [0.2, 0.25) is 0 Å². The van der Waals surface area contributed by atoms with Gasteiger partial charge in [-0.3, -0.25) is 0 Å². The molecule has 1 N–H and O–H groups in total. The molecule has 0 spiro atoms. The van der Waals surface area contributed by atoms with Crippen molar-refractivity contribution in [2.75, 3.05) is 11.8 Å². The lowest BCUT2D eigenvalue weighted by Gasteiger charge is -2.26. The van der Waals surface area contributed by atoms with Crippen molar-refractivity contribution in [3.63, 3.8) is 0 Å². The SMILES string of the molecule is Cc1cccc(CNC(C)(CCl)CCl)c1. The summed E-state index contributed by atoms with van der Waals surface area (Å²) in [5.41, 5.74) is 2.34. The highest BCUT2D eigenvalue weighted by Gasteiger charge is 2.20. The van der Waals surface area contributed by atoms with Crippen molar-refractivity contribution in [2.45, 2.75) is 25.9 Å². The van der Waals surface area contributed by atoms with Gasteiger partial charge in [0.05, 0.1) is 0 Å². The van der Waals surface area contributed by atoms with E-state index in [0.717, 1.165) is 6.54 Å². The van der Waals surface area contributed by atoms with Crippen LogP contribution in [0, 0.1) is 6.92 Å². The van der Waals surface area contributed by atoms with E-state index in [-0.39, 0.29) is 5.54 Å². The molecular formula is C12H17Cl2N. The van der Waals surface area contributed by atoms with Crippen LogP contribution in [0.1, 0.15) is 18.1 Å². The Morgan fingerprint density at radius 2 is 1.93 bits per heavy atom. The van der Waals surface area contributed by atoms with Crippen LogP contribution < -0.4 is 5.32 Å². The molecule has 0 amide bonds. The van der Waals surface area contributed by atoms with E-state index in [1.807, 2.05) is 6.92 Å². The van der Waals surface area contributed by atoms with Crippen molar-refractivity contribution in [1.82, 2.24) is 5.32 Å². The average Bonchev–Trinajstić information content (AvgIpc) is 2.26. The van der Waals surface area contributed by atoms with E-state index >= 15 is 0 Å². The second-order valence-electron chi connectivity index (χ2n) is 4.17. The lowest BCUT2D eigenvalue weighted by atomic mass is 10.1. The summed E-state index contributed by atoms with van der Waals surface area (Å²) in [5.74, 6) is 1.03. The topological polar surface area (TPSA) is 12.0 Å². The Balaban J connectivity index is 2.56. The van der Waals surface area contributed by atoms with E-state index in [2.05, 4.69) is 36.5 Å². The van der Waals surface area contributed by atoms with Gasteiger partial charge in [-0.1, -0.05) is 29.8 Å². The molecule has 0 aliphatic rings. The van der Waals surface area contributed by atoms with Gasteiger partial charge in [0.1, 0.15) is 0 Å². The summed E-state index contributed by atoms with van der Waals surface area (Å²) in [5, 5.41) is 3.38. The first-order valence-corrected chi connectivity index (χ1v) is 6.09. The smallest absolute Gasteiger partial charge is 0.0427 e. The van der Waals surface area contributed by atoms with Crippen LogP contribution in [0.25, 0.3) is 0 Å². The van der Waals surface area contributed by atoms with Crippen LogP contribution in [-0.4, -0.2) is 17.3 Å².